The number of nitrogens with zero attached hydrogens (tertiary/aromatic N) is 2. The summed E-state index contributed by atoms with van der Waals surface area (Å²) in [7, 11) is -0.454. The van der Waals surface area contributed by atoms with Crippen molar-refractivity contribution < 1.29 is 27.1 Å². The Balaban J connectivity index is 1.85. The van der Waals surface area contributed by atoms with E-state index in [2.05, 4.69) is 15.5 Å². The van der Waals surface area contributed by atoms with Crippen LogP contribution in [0.25, 0.3) is 11.5 Å². The Bertz CT molecular complexity index is 1120. The highest BCUT2D eigenvalue weighted by Gasteiger charge is 2.18. The summed E-state index contributed by atoms with van der Waals surface area (Å²) in [6.45, 7) is 0. The summed E-state index contributed by atoms with van der Waals surface area (Å²) in [6, 6.07) is 10.7. The molecule has 146 valence electrons. The van der Waals surface area contributed by atoms with Gasteiger partial charge in [0, 0.05) is 11.8 Å². The van der Waals surface area contributed by atoms with Crippen LogP contribution in [0.3, 0.4) is 0 Å². The van der Waals surface area contributed by atoms with Crippen LogP contribution in [0.1, 0.15) is 10.4 Å². The number of amides is 1. The minimum Gasteiger partial charge on any atom is -0.497 e. The van der Waals surface area contributed by atoms with Gasteiger partial charge in [-0.1, -0.05) is 11.2 Å². The Morgan fingerprint density at radius 2 is 1.86 bits per heavy atom. The molecule has 0 bridgehead atoms. The Kier molecular flexibility index (Phi) is 5.32. The lowest BCUT2D eigenvalue weighted by molar-refractivity contribution is 0.102. The summed E-state index contributed by atoms with van der Waals surface area (Å²) >= 11 is 0. The molecule has 3 rings (SSSR count). The van der Waals surface area contributed by atoms with Crippen molar-refractivity contribution in [2.75, 3.05) is 25.8 Å². The lowest BCUT2D eigenvalue weighted by atomic mass is 10.1. The van der Waals surface area contributed by atoms with Gasteiger partial charge in [-0.25, -0.2) is 8.42 Å². The van der Waals surface area contributed by atoms with Gasteiger partial charge in [-0.3, -0.25) is 10.1 Å². The fraction of sp³-hybridized carbons (Fsp3) is 0.167. The van der Waals surface area contributed by atoms with E-state index in [0.29, 0.717) is 17.1 Å². The van der Waals surface area contributed by atoms with E-state index < -0.39 is 15.7 Å². The highest BCUT2D eigenvalue weighted by Crippen LogP contribution is 2.26. The molecule has 0 saturated heterocycles. The summed E-state index contributed by atoms with van der Waals surface area (Å²) < 4.78 is 39.1. The number of nitrogens with one attached hydrogen (secondary N) is 1. The average molecular weight is 403 g/mol. The summed E-state index contributed by atoms with van der Waals surface area (Å²) in [5.41, 5.74) is 0.635. The zero-order valence-electron chi connectivity index (χ0n) is 15.3. The van der Waals surface area contributed by atoms with E-state index >= 15 is 0 Å². The van der Waals surface area contributed by atoms with Gasteiger partial charge in [-0.15, -0.1) is 5.10 Å². The Morgan fingerprint density at radius 3 is 2.54 bits per heavy atom. The molecule has 1 heterocycles. The molecule has 0 aliphatic rings. The molecule has 9 nitrogen and oxygen atoms in total. The standard InChI is InChI=1S/C18H17N3O6S/c1-25-12-7-8-15(26-2)14(10-12)16(22)19-18-21-20-17(27-18)11-5-4-6-13(9-11)28(3,23)24/h4-10H,1-3H3,(H,19,21,22). The largest absolute Gasteiger partial charge is 0.497 e. The van der Waals surface area contributed by atoms with Crippen LogP contribution < -0.4 is 14.8 Å². The highest BCUT2D eigenvalue weighted by molar-refractivity contribution is 7.90. The predicted octanol–water partition coefficient (Wildman–Crippen LogP) is 2.41. The van der Waals surface area contributed by atoms with Crippen molar-refractivity contribution in [1.29, 1.82) is 0 Å². The molecule has 1 N–H and O–H groups in total. The van der Waals surface area contributed by atoms with Gasteiger partial charge in [-0.05, 0) is 36.4 Å². The zero-order chi connectivity index (χ0) is 20.3. The molecule has 0 fully saturated rings. The molecule has 0 spiro atoms. The van der Waals surface area contributed by atoms with Gasteiger partial charge in [0.15, 0.2) is 9.84 Å². The van der Waals surface area contributed by atoms with Gasteiger partial charge in [-0.2, -0.15) is 0 Å². The molecule has 0 unspecified atom stereocenters. The summed E-state index contributed by atoms with van der Waals surface area (Å²) in [6.07, 6.45) is 1.10. The first-order valence-corrected chi connectivity index (χ1v) is 9.88. The fourth-order valence-corrected chi connectivity index (χ4v) is 3.07. The number of aromatic nitrogens is 2. The van der Waals surface area contributed by atoms with Gasteiger partial charge in [0.05, 0.1) is 24.7 Å². The van der Waals surface area contributed by atoms with E-state index in [1.54, 1.807) is 24.3 Å². The normalized spacial score (nSPS) is 11.1. The minimum absolute atomic E-state index is 0.0680. The van der Waals surface area contributed by atoms with Gasteiger partial charge in [0.25, 0.3) is 5.91 Å². The number of rotatable bonds is 6. The molecule has 0 radical (unpaired) electrons. The van der Waals surface area contributed by atoms with Crippen LogP contribution in [-0.2, 0) is 9.84 Å². The van der Waals surface area contributed by atoms with Crippen molar-refractivity contribution in [3.8, 4) is 23.0 Å². The second-order valence-electron chi connectivity index (χ2n) is 5.73. The molecule has 2 aromatic carbocycles. The monoisotopic (exact) mass is 403 g/mol. The Morgan fingerprint density at radius 1 is 1.07 bits per heavy atom. The molecular formula is C18H17N3O6S. The van der Waals surface area contributed by atoms with Gasteiger partial charge in [0.1, 0.15) is 11.5 Å². The maximum atomic E-state index is 12.5. The summed E-state index contributed by atoms with van der Waals surface area (Å²) in [5.74, 6) is 0.364. The van der Waals surface area contributed by atoms with Crippen LogP contribution in [0.4, 0.5) is 6.01 Å². The Hall–Kier alpha value is -3.40. The molecule has 0 atom stereocenters. The second kappa shape index (κ2) is 7.69. The summed E-state index contributed by atoms with van der Waals surface area (Å²) in [4.78, 5) is 12.7. The van der Waals surface area contributed by atoms with Crippen LogP contribution in [0.15, 0.2) is 51.8 Å². The van der Waals surface area contributed by atoms with Crippen LogP contribution >= 0.6 is 0 Å². The van der Waals surface area contributed by atoms with E-state index in [1.807, 2.05) is 0 Å². The van der Waals surface area contributed by atoms with E-state index in [1.165, 1.54) is 32.4 Å². The lowest BCUT2D eigenvalue weighted by Crippen LogP contribution is -2.13. The number of benzene rings is 2. The number of hydrogen-bond donors (Lipinski definition) is 1. The highest BCUT2D eigenvalue weighted by atomic mass is 32.2. The van der Waals surface area contributed by atoms with Crippen molar-refractivity contribution in [2.24, 2.45) is 0 Å². The lowest BCUT2D eigenvalue weighted by Gasteiger charge is -2.09. The predicted molar refractivity (Wildman–Crippen MR) is 100 cm³/mol. The molecule has 10 heteroatoms. The van der Waals surface area contributed by atoms with Crippen molar-refractivity contribution in [3.05, 3.63) is 48.0 Å². The molecule has 0 aliphatic heterocycles. The quantitative estimate of drug-likeness (QED) is 0.666. The maximum Gasteiger partial charge on any atom is 0.322 e. The number of carbonyl (C=O) groups is 1. The first-order chi connectivity index (χ1) is 13.3. The third kappa shape index (κ3) is 4.12. The SMILES string of the molecule is COc1ccc(OC)c(C(=O)Nc2nnc(-c3cccc(S(C)(=O)=O)c3)o2)c1. The molecule has 0 aliphatic carbocycles. The van der Waals surface area contributed by atoms with E-state index in [9.17, 15) is 13.2 Å². The zero-order valence-corrected chi connectivity index (χ0v) is 16.1. The molecule has 3 aromatic rings. The van der Waals surface area contributed by atoms with Crippen molar-refractivity contribution in [2.45, 2.75) is 4.90 Å². The van der Waals surface area contributed by atoms with Crippen LogP contribution in [0.5, 0.6) is 11.5 Å². The van der Waals surface area contributed by atoms with Crippen molar-refractivity contribution in [1.82, 2.24) is 10.2 Å². The molecular weight excluding hydrogens is 386 g/mol. The number of sulfone groups is 1. The van der Waals surface area contributed by atoms with Gasteiger partial charge >= 0.3 is 6.01 Å². The van der Waals surface area contributed by atoms with E-state index in [4.69, 9.17) is 13.9 Å². The van der Waals surface area contributed by atoms with Gasteiger partial charge < -0.3 is 13.9 Å². The number of ether oxygens (including phenoxy) is 2. The van der Waals surface area contributed by atoms with Crippen LogP contribution in [-0.4, -0.2) is 45.0 Å². The number of hydrogen-bond acceptors (Lipinski definition) is 8. The van der Waals surface area contributed by atoms with Crippen molar-refractivity contribution >= 4 is 21.8 Å². The molecule has 28 heavy (non-hydrogen) atoms. The Labute approximate surface area is 161 Å². The average Bonchev–Trinajstić information content (AvgIpc) is 3.15. The van der Waals surface area contributed by atoms with Gasteiger partial charge in [0.2, 0.25) is 5.89 Å². The number of methoxy groups -OCH3 is 2. The first-order valence-electron chi connectivity index (χ1n) is 7.99. The molecule has 1 aromatic heterocycles. The third-order valence-corrected chi connectivity index (χ3v) is 4.92. The van der Waals surface area contributed by atoms with E-state index in [-0.39, 0.29) is 22.4 Å². The summed E-state index contributed by atoms with van der Waals surface area (Å²) in [5, 5.41) is 10.1. The smallest absolute Gasteiger partial charge is 0.322 e. The number of anilines is 1. The topological polar surface area (TPSA) is 121 Å². The fourth-order valence-electron chi connectivity index (χ4n) is 2.41. The number of carbonyl (C=O) groups excluding carboxylic acids is 1. The minimum atomic E-state index is -3.38. The molecule has 1 amide bonds. The van der Waals surface area contributed by atoms with Crippen LogP contribution in [0, 0.1) is 0 Å². The molecule has 0 saturated carbocycles. The maximum absolute atomic E-state index is 12.5. The van der Waals surface area contributed by atoms with Crippen molar-refractivity contribution in [3.63, 3.8) is 0 Å². The third-order valence-electron chi connectivity index (χ3n) is 3.81. The second-order valence-corrected chi connectivity index (χ2v) is 7.75. The first kappa shape index (κ1) is 19.4. The van der Waals surface area contributed by atoms with E-state index in [0.717, 1.165) is 6.26 Å². The van der Waals surface area contributed by atoms with Crippen LogP contribution in [0.2, 0.25) is 0 Å².